The number of carbonyl (C=O) groups excluding carboxylic acids is 12. The van der Waals surface area contributed by atoms with Crippen LogP contribution < -0.4 is 42.5 Å². The Bertz CT molecular complexity index is 2730. The molecule has 0 aromatic carbocycles. The number of methoxy groups -OCH3 is 2. The van der Waals surface area contributed by atoms with Gasteiger partial charge in [-0.1, -0.05) is 0 Å². The Kier molecular flexibility index (Phi) is 67.0. The van der Waals surface area contributed by atoms with Crippen molar-refractivity contribution in [1.29, 1.82) is 0 Å². The van der Waals surface area contributed by atoms with E-state index in [1.807, 2.05) is 0 Å². The van der Waals surface area contributed by atoms with Gasteiger partial charge in [0.05, 0.1) is 237 Å². The number of carbonyl (C=O) groups is 14. The second kappa shape index (κ2) is 74.6. The van der Waals surface area contributed by atoms with Gasteiger partial charge in [0.25, 0.3) is 23.6 Å². The maximum atomic E-state index is 14.9. The van der Waals surface area contributed by atoms with Crippen molar-refractivity contribution < 1.29 is 163 Å². The van der Waals surface area contributed by atoms with Crippen molar-refractivity contribution in [2.24, 2.45) is 0 Å². The van der Waals surface area contributed by atoms with Gasteiger partial charge in [-0.15, -0.1) is 0 Å². The number of carboxylic acids is 2. The van der Waals surface area contributed by atoms with Gasteiger partial charge in [0, 0.05) is 103 Å². The summed E-state index contributed by atoms with van der Waals surface area (Å²) in [5.74, 6) is -13.3. The van der Waals surface area contributed by atoms with Gasteiger partial charge in [0.2, 0.25) is 47.3 Å². The molecule has 44 nitrogen and oxygen atoms in total. The van der Waals surface area contributed by atoms with Crippen LogP contribution in [0.2, 0.25) is 0 Å². The van der Waals surface area contributed by atoms with Crippen LogP contribution in [0.3, 0.4) is 0 Å². The number of aliphatic carboxylic acids is 2. The van der Waals surface area contributed by atoms with E-state index < -0.39 is 147 Å². The minimum Gasteiger partial charge on any atom is -0.481 e. The molecule has 120 heavy (non-hydrogen) atoms. The van der Waals surface area contributed by atoms with E-state index in [1.54, 1.807) is 14.2 Å². The number of nitrogens with one attached hydrogen (secondary N) is 8. The molecule has 0 saturated heterocycles. The van der Waals surface area contributed by atoms with E-state index in [-0.39, 0.29) is 129 Å². The summed E-state index contributed by atoms with van der Waals surface area (Å²) < 4.78 is 97.3. The predicted octanol–water partition coefficient (Wildman–Crippen LogP) is -4.35. The molecule has 0 saturated carbocycles. The van der Waals surface area contributed by atoms with Crippen LogP contribution in [0.1, 0.15) is 77.0 Å². The summed E-state index contributed by atoms with van der Waals surface area (Å²) in [4.78, 5) is 186. The van der Waals surface area contributed by atoms with Gasteiger partial charge in [0.1, 0.15) is 24.2 Å². The molecule has 0 aromatic rings. The van der Waals surface area contributed by atoms with E-state index in [2.05, 4.69) is 42.5 Å². The lowest BCUT2D eigenvalue weighted by Crippen LogP contribution is -2.66. The highest BCUT2D eigenvalue weighted by atomic mass is 16.6. The predicted molar refractivity (Wildman–Crippen MR) is 419 cm³/mol. The molecular formula is C76H128N10O34. The maximum Gasteiger partial charge on any atom is 0.305 e. The SMILES string of the molecule is COCCOCCOCCOCCOCCOCCOCCOCCOCCC(=O)NCCCC[C@H](NC(=O)C(NC(=O)CCN1C(=O)C=CC1=O)C(NC(=O)CCN1C(=O)C=CC1=O)C(=O)N[C@@H](CCCCNC(=O)CCOCCOCCOCCOCCOCCOCCOCCOCCOC)C(=O)NCCC(=O)O)C(=O)NCCC(=O)O. The molecule has 0 spiro atoms. The molecule has 2 heterocycles. The smallest absolute Gasteiger partial charge is 0.305 e. The van der Waals surface area contributed by atoms with Gasteiger partial charge in [-0.2, -0.15) is 0 Å². The first-order valence-electron chi connectivity index (χ1n) is 40.3. The van der Waals surface area contributed by atoms with E-state index in [9.17, 15) is 77.3 Å². The van der Waals surface area contributed by atoms with Gasteiger partial charge in [-0.3, -0.25) is 76.9 Å². The number of amides is 12. The Morgan fingerprint density at radius 2 is 0.508 bits per heavy atom. The number of unbranched alkanes of at least 4 members (excludes halogenated alkanes) is 2. The Labute approximate surface area is 699 Å². The lowest BCUT2D eigenvalue weighted by molar-refractivity contribution is -0.141. The highest BCUT2D eigenvalue weighted by Gasteiger charge is 2.40. The van der Waals surface area contributed by atoms with Crippen molar-refractivity contribution in [3.8, 4) is 0 Å². The average Bonchev–Trinajstić information content (AvgIpc) is 0.941. The summed E-state index contributed by atoms with van der Waals surface area (Å²) in [7, 11) is 3.22. The second-order valence-corrected chi connectivity index (χ2v) is 25.9. The zero-order valence-corrected chi connectivity index (χ0v) is 69.2. The number of imide groups is 2. The number of carboxylic acid groups (broad SMARTS) is 2. The van der Waals surface area contributed by atoms with E-state index in [1.165, 1.54) is 0 Å². The molecule has 4 atom stereocenters. The zero-order valence-electron chi connectivity index (χ0n) is 69.2. The third kappa shape index (κ3) is 59.4. The molecule has 2 rings (SSSR count). The molecule has 2 unspecified atom stereocenters. The van der Waals surface area contributed by atoms with Crippen LogP contribution in [0.4, 0.5) is 0 Å². The molecule has 2 aliphatic rings. The summed E-state index contributed by atoms with van der Waals surface area (Å²) in [6.45, 7) is 10.7. The van der Waals surface area contributed by atoms with E-state index in [0.717, 1.165) is 24.3 Å². The van der Waals surface area contributed by atoms with Crippen LogP contribution in [-0.4, -0.2) is 405 Å². The highest BCUT2D eigenvalue weighted by molar-refractivity contribution is 6.13. The van der Waals surface area contributed by atoms with Gasteiger partial charge in [-0.25, -0.2) is 0 Å². The highest BCUT2D eigenvalue weighted by Crippen LogP contribution is 2.12. The fourth-order valence-electron chi connectivity index (χ4n) is 10.2. The Morgan fingerprint density at radius 1 is 0.275 bits per heavy atom. The van der Waals surface area contributed by atoms with Crippen molar-refractivity contribution in [2.75, 3.05) is 278 Å². The summed E-state index contributed by atoms with van der Waals surface area (Å²) in [6, 6.07) is -7.75. The molecular weight excluding hydrogens is 1600 g/mol. The molecule has 0 fully saturated rings. The normalized spacial score (nSPS) is 13.5. The van der Waals surface area contributed by atoms with Gasteiger partial charge in [-0.05, 0) is 38.5 Å². The Morgan fingerprint density at radius 3 is 0.742 bits per heavy atom. The van der Waals surface area contributed by atoms with Crippen molar-refractivity contribution >= 4 is 82.8 Å². The number of rotatable bonds is 85. The van der Waals surface area contributed by atoms with Crippen LogP contribution in [0.5, 0.6) is 0 Å². The van der Waals surface area contributed by atoms with Crippen LogP contribution in [0, 0.1) is 0 Å². The summed E-state index contributed by atoms with van der Waals surface area (Å²) in [5, 5.41) is 38.6. The molecule has 10 N–H and O–H groups in total. The first-order valence-corrected chi connectivity index (χ1v) is 40.3. The standard InChI is InChI=1S/C76H128N10O34/c1-103-27-29-107-35-37-111-43-45-115-51-53-119-57-55-117-49-47-113-41-39-109-33-31-105-25-17-61(87)77-19-5-3-7-59(73(99)79-21-13-69(95)96)81-75(101)71(83-63(89)15-23-85-65(91)9-10-66(85)92)72(84-64(90)16-24-86-67(93)11-12-68(86)94)76(102)82-60(74(100)80-22-14-70(97)98)8-4-6-20-78-62(88)18-26-106-32-34-110-40-42-114-48-50-118-56-58-120-54-52-116-46-44-112-38-36-108-30-28-104-2/h9-12,59-60,71-72H,3-8,13-58H2,1-2H3,(H,77,87)(H,78,88)(H,79,99)(H,80,100)(H,81,101)(H,82,102)(H,83,89)(H,84,90)(H,95,96)(H,97,98)/t59-,60-,71?,72?/m0/s1. The molecule has 686 valence electrons. The first kappa shape index (κ1) is 108. The van der Waals surface area contributed by atoms with Gasteiger partial charge < -0.3 is 138 Å². The molecule has 44 heteroatoms. The minimum absolute atomic E-state index is 0.0337. The monoisotopic (exact) mass is 1720 g/mol. The third-order valence-electron chi connectivity index (χ3n) is 16.5. The zero-order chi connectivity index (χ0) is 87.5. The molecule has 0 bridgehead atoms. The average molecular weight is 1730 g/mol. The number of ether oxygens (including phenoxy) is 18. The third-order valence-corrected chi connectivity index (χ3v) is 16.5. The lowest BCUT2D eigenvalue weighted by Gasteiger charge is -2.30. The van der Waals surface area contributed by atoms with E-state index >= 15 is 0 Å². The fourth-order valence-corrected chi connectivity index (χ4v) is 10.2. The van der Waals surface area contributed by atoms with Crippen molar-refractivity contribution in [1.82, 2.24) is 52.3 Å². The Balaban J connectivity index is 2.02. The minimum atomic E-state index is -2.28. The van der Waals surface area contributed by atoms with E-state index in [0.29, 0.717) is 182 Å². The molecule has 0 radical (unpaired) electrons. The Hall–Kier alpha value is -8.26. The maximum absolute atomic E-state index is 14.9. The van der Waals surface area contributed by atoms with Crippen LogP contribution in [0.25, 0.3) is 0 Å². The topological polar surface area (TPSA) is 548 Å². The van der Waals surface area contributed by atoms with Crippen molar-refractivity contribution in [3.05, 3.63) is 24.3 Å². The van der Waals surface area contributed by atoms with Gasteiger partial charge in [0.15, 0.2) is 0 Å². The summed E-state index contributed by atoms with van der Waals surface area (Å²) in [6.07, 6.45) is 1.25. The van der Waals surface area contributed by atoms with Crippen molar-refractivity contribution in [2.45, 2.75) is 101 Å². The van der Waals surface area contributed by atoms with Crippen LogP contribution in [0.15, 0.2) is 24.3 Å². The number of nitrogens with zero attached hydrogens (tertiary/aromatic N) is 2. The van der Waals surface area contributed by atoms with E-state index in [4.69, 9.17) is 85.3 Å². The largest absolute Gasteiger partial charge is 0.481 e. The summed E-state index contributed by atoms with van der Waals surface area (Å²) in [5.41, 5.74) is 0. The van der Waals surface area contributed by atoms with Gasteiger partial charge >= 0.3 is 11.9 Å². The quantitative estimate of drug-likeness (QED) is 0.0203. The molecule has 0 aliphatic carbocycles. The number of hydrogen-bond donors (Lipinski definition) is 10. The van der Waals surface area contributed by atoms with Crippen LogP contribution >= 0.6 is 0 Å². The molecule has 12 amide bonds. The fraction of sp³-hybridized carbons (Fsp3) is 0.763. The lowest BCUT2D eigenvalue weighted by atomic mass is 10.0. The first-order chi connectivity index (χ1) is 58.3. The molecule has 2 aliphatic heterocycles. The van der Waals surface area contributed by atoms with Crippen molar-refractivity contribution in [3.63, 3.8) is 0 Å². The van der Waals surface area contributed by atoms with Crippen LogP contribution in [-0.2, 0) is 152 Å². The number of hydrogen-bond acceptors (Lipinski definition) is 32. The molecule has 0 aromatic heterocycles. The second-order valence-electron chi connectivity index (χ2n) is 25.9. The summed E-state index contributed by atoms with van der Waals surface area (Å²) >= 11 is 0.